The Balaban J connectivity index is 1.75. The minimum Gasteiger partial charge on any atom is -0.166 e. The van der Waals surface area contributed by atoms with E-state index in [0.717, 1.165) is 48.4 Å². The smallest absolute Gasteiger partial charge is 0.166 e. The zero-order valence-electron chi connectivity index (χ0n) is 18.1. The van der Waals surface area contributed by atoms with Gasteiger partial charge in [-0.1, -0.05) is 82.1 Å². The Labute approximate surface area is 179 Å². The van der Waals surface area contributed by atoms with Crippen LogP contribution in [-0.2, 0) is 12.6 Å². The van der Waals surface area contributed by atoms with Crippen molar-refractivity contribution in [2.24, 2.45) is 0 Å². The molecule has 2 aromatic rings. The van der Waals surface area contributed by atoms with Crippen molar-refractivity contribution >= 4 is 0 Å². The Hall–Kier alpha value is -2.21. The van der Waals surface area contributed by atoms with Crippen molar-refractivity contribution in [2.75, 3.05) is 0 Å². The lowest BCUT2D eigenvalue weighted by Crippen LogP contribution is -2.05. The molecule has 0 N–H and O–H groups in total. The van der Waals surface area contributed by atoms with Crippen LogP contribution in [0.5, 0.6) is 0 Å². The van der Waals surface area contributed by atoms with E-state index in [2.05, 4.69) is 43.0 Å². The van der Waals surface area contributed by atoms with E-state index in [1.54, 1.807) is 12.1 Å². The first-order valence-electron chi connectivity index (χ1n) is 11.0. The van der Waals surface area contributed by atoms with E-state index >= 15 is 0 Å². The fourth-order valence-electron chi connectivity index (χ4n) is 3.33. The monoisotopic (exact) mass is 413 g/mol. The molecule has 0 aliphatic carbocycles. The predicted molar refractivity (Wildman–Crippen MR) is 119 cm³/mol. The summed E-state index contributed by atoms with van der Waals surface area (Å²) < 4.78 is 38.0. The van der Waals surface area contributed by atoms with Gasteiger partial charge in [-0.2, -0.15) is 13.2 Å². The van der Waals surface area contributed by atoms with Crippen molar-refractivity contribution in [1.29, 1.82) is 0 Å². The van der Waals surface area contributed by atoms with Crippen LogP contribution >= 0.6 is 0 Å². The van der Waals surface area contributed by atoms with Crippen molar-refractivity contribution in [2.45, 2.75) is 77.8 Å². The quantitative estimate of drug-likeness (QED) is 0.271. The lowest BCUT2D eigenvalue weighted by atomic mass is 9.93. The molecule has 0 bridgehead atoms. The van der Waals surface area contributed by atoms with Gasteiger partial charge < -0.3 is 0 Å². The molecule has 0 unspecified atom stereocenters. The summed E-state index contributed by atoms with van der Waals surface area (Å²) in [5.41, 5.74) is 2.50. The van der Waals surface area contributed by atoms with E-state index in [1.165, 1.54) is 44.1 Å². The van der Waals surface area contributed by atoms with Crippen LogP contribution in [0.15, 0.2) is 48.5 Å². The highest BCUT2D eigenvalue weighted by Crippen LogP contribution is 2.30. The molecule has 2 rings (SSSR count). The maximum atomic E-state index is 12.7. The van der Waals surface area contributed by atoms with E-state index in [4.69, 9.17) is 0 Å². The third kappa shape index (κ3) is 8.66. The van der Waals surface area contributed by atoms with E-state index in [-0.39, 0.29) is 0 Å². The second-order valence-corrected chi connectivity index (χ2v) is 7.87. The molecular formula is C27H32F3. The van der Waals surface area contributed by atoms with Gasteiger partial charge in [-0.05, 0) is 54.7 Å². The van der Waals surface area contributed by atoms with Gasteiger partial charge in [0.25, 0.3) is 0 Å². The van der Waals surface area contributed by atoms with Gasteiger partial charge in [0.05, 0.1) is 5.56 Å². The van der Waals surface area contributed by atoms with Crippen molar-refractivity contribution in [1.82, 2.24) is 0 Å². The van der Waals surface area contributed by atoms with Crippen LogP contribution in [0.3, 0.4) is 0 Å². The summed E-state index contributed by atoms with van der Waals surface area (Å²) in [6.07, 6.45) is 6.04. The van der Waals surface area contributed by atoms with Crippen LogP contribution in [0, 0.1) is 17.8 Å². The summed E-state index contributed by atoms with van der Waals surface area (Å²) in [6.45, 7) is 4.21. The first-order valence-corrected chi connectivity index (χ1v) is 11.0. The van der Waals surface area contributed by atoms with Crippen LogP contribution in [0.2, 0.25) is 0 Å². The molecule has 0 aromatic heterocycles. The lowest BCUT2D eigenvalue weighted by molar-refractivity contribution is -0.137. The summed E-state index contributed by atoms with van der Waals surface area (Å²) in [4.78, 5) is 0. The first kappa shape index (κ1) is 24.1. The van der Waals surface area contributed by atoms with Crippen LogP contribution in [0.1, 0.15) is 87.5 Å². The molecule has 0 fully saturated rings. The fraction of sp³-hybridized carbons (Fsp3) is 0.444. The maximum absolute atomic E-state index is 12.7. The molecule has 2 aromatic carbocycles. The zero-order chi connectivity index (χ0) is 21.8. The molecule has 30 heavy (non-hydrogen) atoms. The fourth-order valence-corrected chi connectivity index (χ4v) is 3.33. The second kappa shape index (κ2) is 12.5. The van der Waals surface area contributed by atoms with Crippen molar-refractivity contribution < 1.29 is 13.2 Å². The van der Waals surface area contributed by atoms with Gasteiger partial charge in [0.15, 0.2) is 0 Å². The Morgan fingerprint density at radius 2 is 1.47 bits per heavy atom. The molecule has 0 spiro atoms. The van der Waals surface area contributed by atoms with Gasteiger partial charge in [-0.15, -0.1) is 0 Å². The van der Waals surface area contributed by atoms with Gasteiger partial charge in [0.2, 0.25) is 0 Å². The average Bonchev–Trinajstić information content (AvgIpc) is 2.74. The molecule has 0 aliphatic rings. The number of benzene rings is 2. The number of rotatable bonds is 10. The van der Waals surface area contributed by atoms with Gasteiger partial charge in [0.1, 0.15) is 0 Å². The van der Waals surface area contributed by atoms with Gasteiger partial charge in [0, 0.05) is 17.9 Å². The first-order chi connectivity index (χ1) is 14.4. The normalized spacial score (nSPS) is 11.4. The maximum Gasteiger partial charge on any atom is 0.416 e. The van der Waals surface area contributed by atoms with Crippen molar-refractivity contribution in [3.8, 4) is 11.8 Å². The van der Waals surface area contributed by atoms with E-state index in [1.807, 2.05) is 6.92 Å². The zero-order valence-corrected chi connectivity index (χ0v) is 18.1. The molecule has 0 aliphatic heterocycles. The Bertz CT molecular complexity index is 789. The minimum atomic E-state index is -4.29. The number of unbranched alkanes of at least 4 members (excludes halogenated alkanes) is 6. The van der Waals surface area contributed by atoms with Crippen LogP contribution < -0.4 is 0 Å². The Kier molecular flexibility index (Phi) is 10.0. The molecular weight excluding hydrogens is 381 g/mol. The van der Waals surface area contributed by atoms with Crippen molar-refractivity contribution in [3.05, 3.63) is 76.7 Å². The lowest BCUT2D eigenvalue weighted by Gasteiger charge is -2.13. The predicted octanol–water partition coefficient (Wildman–Crippen LogP) is 8.38. The molecule has 161 valence electrons. The van der Waals surface area contributed by atoms with Crippen LogP contribution in [0.4, 0.5) is 13.2 Å². The van der Waals surface area contributed by atoms with Crippen LogP contribution in [-0.4, -0.2) is 0 Å². The molecule has 3 heteroatoms. The summed E-state index contributed by atoms with van der Waals surface area (Å²) >= 11 is 0. The molecule has 0 nitrogen and oxygen atoms in total. The highest BCUT2D eigenvalue weighted by molar-refractivity contribution is 5.37. The summed E-state index contributed by atoms with van der Waals surface area (Å²) in [5, 5.41) is 0. The van der Waals surface area contributed by atoms with Gasteiger partial charge in [-0.25, -0.2) is 0 Å². The molecule has 1 radical (unpaired) electrons. The second-order valence-electron chi connectivity index (χ2n) is 7.87. The van der Waals surface area contributed by atoms with E-state index in [0.29, 0.717) is 0 Å². The number of hydrogen-bond acceptors (Lipinski definition) is 0. The molecule has 0 atom stereocenters. The largest absolute Gasteiger partial charge is 0.416 e. The highest BCUT2D eigenvalue weighted by Gasteiger charge is 2.30. The topological polar surface area (TPSA) is 0 Å². The Morgan fingerprint density at radius 3 is 2.10 bits per heavy atom. The number of hydrogen-bond donors (Lipinski definition) is 0. The summed E-state index contributed by atoms with van der Waals surface area (Å²) in [5.74, 6) is 7.59. The van der Waals surface area contributed by atoms with Crippen LogP contribution in [0.25, 0.3) is 0 Å². The number of alkyl halides is 3. The molecule has 0 saturated carbocycles. The molecule has 0 amide bonds. The Morgan fingerprint density at radius 1 is 0.833 bits per heavy atom. The third-order valence-electron chi connectivity index (χ3n) is 5.34. The van der Waals surface area contributed by atoms with Gasteiger partial charge in [-0.3, -0.25) is 0 Å². The number of aryl methyl sites for hydroxylation is 1. The number of halogens is 3. The molecule has 0 saturated heterocycles. The third-order valence-corrected chi connectivity index (χ3v) is 5.34. The van der Waals surface area contributed by atoms with E-state index in [9.17, 15) is 13.2 Å². The summed E-state index contributed by atoms with van der Waals surface area (Å²) in [7, 11) is 0. The molecule has 0 heterocycles. The van der Waals surface area contributed by atoms with Crippen molar-refractivity contribution in [3.63, 3.8) is 0 Å². The summed E-state index contributed by atoms with van der Waals surface area (Å²) in [6, 6.07) is 13.7. The SMILES string of the molecule is CCCCCCCCC#Cc1ccc(CC[C](C)c2ccc(C(F)(F)F)cc2)cc1. The van der Waals surface area contributed by atoms with E-state index < -0.39 is 11.7 Å². The van der Waals surface area contributed by atoms with Gasteiger partial charge >= 0.3 is 6.18 Å². The standard InChI is InChI=1S/C27H32F3/c1-3-4-5-6-7-8-9-10-11-23-14-16-24(17-15-23)13-12-22(2)25-18-20-26(21-19-25)27(28,29)30/h14-21H,3-9,12-13H2,1-2H3. The minimum absolute atomic E-state index is 0.604. The highest BCUT2D eigenvalue weighted by atomic mass is 19.4. The average molecular weight is 414 g/mol.